The van der Waals surface area contributed by atoms with Crippen molar-refractivity contribution in [1.82, 2.24) is 4.90 Å². The third-order valence-electron chi connectivity index (χ3n) is 3.97. The number of likely N-dealkylation sites (tertiary alicyclic amines) is 1. The van der Waals surface area contributed by atoms with E-state index in [1.165, 1.54) is 0 Å². The van der Waals surface area contributed by atoms with E-state index in [2.05, 4.69) is 4.90 Å². The van der Waals surface area contributed by atoms with Crippen LogP contribution < -0.4 is 0 Å². The number of hydrogen-bond donors (Lipinski definition) is 1. The Labute approximate surface area is 127 Å². The van der Waals surface area contributed by atoms with Crippen LogP contribution >= 0.6 is 0 Å². The van der Waals surface area contributed by atoms with Gasteiger partial charge in [-0.25, -0.2) is 0 Å². The van der Waals surface area contributed by atoms with E-state index in [9.17, 15) is 9.90 Å². The lowest BCUT2D eigenvalue weighted by atomic mass is 9.83. The molecule has 0 amide bonds. The zero-order valence-corrected chi connectivity index (χ0v) is 13.3. The van der Waals surface area contributed by atoms with Crippen LogP contribution in [0.2, 0.25) is 0 Å². The predicted molar refractivity (Wildman–Crippen MR) is 79.5 cm³/mol. The molecule has 1 atom stereocenters. The van der Waals surface area contributed by atoms with E-state index in [1.807, 2.05) is 6.92 Å². The molecule has 0 aromatic rings. The second kappa shape index (κ2) is 10.1. The van der Waals surface area contributed by atoms with E-state index >= 15 is 0 Å². The fourth-order valence-electron chi connectivity index (χ4n) is 2.77. The topological polar surface area (TPSA) is 68.2 Å². The van der Waals surface area contributed by atoms with Crippen molar-refractivity contribution in [3.63, 3.8) is 0 Å². The molecule has 124 valence electrons. The molecule has 0 radical (unpaired) electrons. The van der Waals surface area contributed by atoms with Crippen LogP contribution in [0.5, 0.6) is 0 Å². The molecule has 1 saturated heterocycles. The Morgan fingerprint density at radius 3 is 2.48 bits per heavy atom. The first-order valence-electron chi connectivity index (χ1n) is 7.75. The number of methoxy groups -OCH3 is 1. The lowest BCUT2D eigenvalue weighted by Crippen LogP contribution is -2.35. The summed E-state index contributed by atoms with van der Waals surface area (Å²) in [6.07, 6.45) is 2.42. The van der Waals surface area contributed by atoms with Crippen molar-refractivity contribution in [1.29, 1.82) is 0 Å². The minimum absolute atomic E-state index is 0.544. The lowest BCUT2D eigenvalue weighted by molar-refractivity contribution is -0.148. The van der Waals surface area contributed by atoms with Gasteiger partial charge >= 0.3 is 5.97 Å². The first-order valence-corrected chi connectivity index (χ1v) is 7.75. The van der Waals surface area contributed by atoms with Gasteiger partial charge in [-0.3, -0.25) is 9.69 Å². The third kappa shape index (κ3) is 6.30. The maximum absolute atomic E-state index is 11.5. The first-order chi connectivity index (χ1) is 10.1. The molecule has 0 spiro atoms. The molecule has 1 fully saturated rings. The standard InChI is InChI=1S/C15H29NO5/c1-3-4-15(14(17)18)5-6-16(13-15)7-8-20-11-12-21-10-9-19-2/h3-13H2,1-2H3,(H,17,18). The number of rotatable bonds is 12. The molecule has 1 heterocycles. The Morgan fingerprint density at radius 2 is 1.86 bits per heavy atom. The van der Waals surface area contributed by atoms with Crippen molar-refractivity contribution >= 4 is 5.97 Å². The minimum Gasteiger partial charge on any atom is -0.481 e. The maximum atomic E-state index is 11.5. The van der Waals surface area contributed by atoms with E-state index in [1.54, 1.807) is 7.11 Å². The van der Waals surface area contributed by atoms with Crippen molar-refractivity contribution in [3.05, 3.63) is 0 Å². The van der Waals surface area contributed by atoms with Gasteiger partial charge in [0, 0.05) is 20.2 Å². The largest absolute Gasteiger partial charge is 0.481 e. The average Bonchev–Trinajstić information content (AvgIpc) is 2.87. The number of aliphatic carboxylic acids is 1. The van der Waals surface area contributed by atoms with Crippen molar-refractivity contribution in [2.24, 2.45) is 5.41 Å². The monoisotopic (exact) mass is 303 g/mol. The molecule has 0 aliphatic carbocycles. The van der Waals surface area contributed by atoms with Crippen LogP contribution in [0, 0.1) is 5.41 Å². The van der Waals surface area contributed by atoms with Crippen molar-refractivity contribution < 1.29 is 24.1 Å². The second-order valence-corrected chi connectivity index (χ2v) is 5.58. The van der Waals surface area contributed by atoms with Crippen LogP contribution in [0.3, 0.4) is 0 Å². The summed E-state index contributed by atoms with van der Waals surface area (Å²) in [5, 5.41) is 9.44. The molecule has 0 aromatic heterocycles. The number of carbonyl (C=O) groups is 1. The smallest absolute Gasteiger partial charge is 0.310 e. The first kappa shape index (κ1) is 18.4. The summed E-state index contributed by atoms with van der Waals surface area (Å²) in [6.45, 7) is 7.26. The molecular formula is C15H29NO5. The SMILES string of the molecule is CCCC1(C(=O)O)CCN(CCOCCOCCOC)C1. The molecule has 1 N–H and O–H groups in total. The fourth-order valence-corrected chi connectivity index (χ4v) is 2.77. The number of hydrogen-bond acceptors (Lipinski definition) is 5. The van der Waals surface area contributed by atoms with Gasteiger partial charge in [0.15, 0.2) is 0 Å². The highest BCUT2D eigenvalue weighted by Gasteiger charge is 2.43. The summed E-state index contributed by atoms with van der Waals surface area (Å²) in [5.74, 6) is -0.653. The third-order valence-corrected chi connectivity index (χ3v) is 3.97. The van der Waals surface area contributed by atoms with Crippen LogP contribution in [0.15, 0.2) is 0 Å². The van der Waals surface area contributed by atoms with Gasteiger partial charge in [-0.1, -0.05) is 13.3 Å². The average molecular weight is 303 g/mol. The summed E-state index contributed by atoms with van der Waals surface area (Å²) >= 11 is 0. The highest BCUT2D eigenvalue weighted by atomic mass is 16.5. The summed E-state index contributed by atoms with van der Waals surface area (Å²) in [4.78, 5) is 13.7. The van der Waals surface area contributed by atoms with Crippen molar-refractivity contribution in [2.75, 3.05) is 59.8 Å². The molecule has 0 aromatic carbocycles. The molecule has 6 nitrogen and oxygen atoms in total. The highest BCUT2D eigenvalue weighted by Crippen LogP contribution is 2.35. The van der Waals surface area contributed by atoms with Crippen LogP contribution in [0.25, 0.3) is 0 Å². The van der Waals surface area contributed by atoms with Gasteiger partial charge in [0.25, 0.3) is 0 Å². The minimum atomic E-state index is -0.653. The summed E-state index contributed by atoms with van der Waals surface area (Å²) in [5.41, 5.74) is -0.544. The zero-order valence-electron chi connectivity index (χ0n) is 13.3. The van der Waals surface area contributed by atoms with Gasteiger partial charge in [0.05, 0.1) is 38.4 Å². The Kier molecular flexibility index (Phi) is 8.84. The van der Waals surface area contributed by atoms with Gasteiger partial charge < -0.3 is 19.3 Å². The Morgan fingerprint density at radius 1 is 1.19 bits per heavy atom. The van der Waals surface area contributed by atoms with Crippen LogP contribution in [-0.4, -0.2) is 75.8 Å². The second-order valence-electron chi connectivity index (χ2n) is 5.58. The molecular weight excluding hydrogens is 274 g/mol. The number of carboxylic acids is 1. The molecule has 1 aliphatic rings. The fraction of sp³-hybridized carbons (Fsp3) is 0.933. The normalized spacial score (nSPS) is 22.8. The van der Waals surface area contributed by atoms with Crippen molar-refractivity contribution in [2.45, 2.75) is 26.2 Å². The van der Waals surface area contributed by atoms with Gasteiger partial charge in [-0.15, -0.1) is 0 Å². The summed E-state index contributed by atoms with van der Waals surface area (Å²) < 4.78 is 15.7. The Hall–Kier alpha value is -0.690. The zero-order chi connectivity index (χ0) is 15.6. The van der Waals surface area contributed by atoms with Crippen molar-refractivity contribution in [3.8, 4) is 0 Å². The predicted octanol–water partition coefficient (Wildman–Crippen LogP) is 1.24. The molecule has 0 saturated carbocycles. The molecule has 0 bridgehead atoms. The Bertz CT molecular complexity index is 300. The van der Waals surface area contributed by atoms with Crippen LogP contribution in [0.1, 0.15) is 26.2 Å². The van der Waals surface area contributed by atoms with E-state index in [-0.39, 0.29) is 0 Å². The molecule has 1 rings (SSSR count). The van der Waals surface area contributed by atoms with E-state index in [4.69, 9.17) is 14.2 Å². The van der Waals surface area contributed by atoms with E-state index in [0.29, 0.717) is 39.6 Å². The Balaban J connectivity index is 2.10. The number of ether oxygens (including phenoxy) is 3. The van der Waals surface area contributed by atoms with E-state index in [0.717, 1.165) is 32.4 Å². The summed E-state index contributed by atoms with van der Waals surface area (Å²) in [7, 11) is 1.64. The summed E-state index contributed by atoms with van der Waals surface area (Å²) in [6, 6.07) is 0. The lowest BCUT2D eigenvalue weighted by Gasteiger charge is -2.24. The quantitative estimate of drug-likeness (QED) is 0.547. The van der Waals surface area contributed by atoms with Gasteiger partial charge in [-0.2, -0.15) is 0 Å². The van der Waals surface area contributed by atoms with Gasteiger partial charge in [-0.05, 0) is 19.4 Å². The van der Waals surface area contributed by atoms with Crippen LogP contribution in [0.4, 0.5) is 0 Å². The van der Waals surface area contributed by atoms with Crippen LogP contribution in [-0.2, 0) is 19.0 Å². The highest BCUT2D eigenvalue weighted by molar-refractivity contribution is 5.75. The number of nitrogens with zero attached hydrogens (tertiary/aromatic N) is 1. The molecule has 21 heavy (non-hydrogen) atoms. The maximum Gasteiger partial charge on any atom is 0.310 e. The van der Waals surface area contributed by atoms with Gasteiger partial charge in [0.2, 0.25) is 0 Å². The van der Waals surface area contributed by atoms with Gasteiger partial charge in [0.1, 0.15) is 0 Å². The number of carboxylic acid groups (broad SMARTS) is 1. The molecule has 6 heteroatoms. The molecule has 1 unspecified atom stereocenters. The molecule has 1 aliphatic heterocycles. The van der Waals surface area contributed by atoms with E-state index < -0.39 is 11.4 Å².